The van der Waals surface area contributed by atoms with Crippen LogP contribution in [0.5, 0.6) is 0 Å². The van der Waals surface area contributed by atoms with Crippen LogP contribution >= 0.6 is 0 Å². The minimum Gasteiger partial charge on any atom is -0.389 e. The molecular weight excluding hydrogens is 205 g/mol. The lowest BCUT2D eigenvalue weighted by Crippen LogP contribution is -2.38. The van der Waals surface area contributed by atoms with Crippen molar-refractivity contribution >= 4 is 0 Å². The number of hydrogen-bond donors (Lipinski definition) is 1. The average Bonchev–Trinajstić information content (AvgIpc) is 2.16. The third-order valence-corrected chi connectivity index (χ3v) is 2.71. The molecule has 16 heavy (non-hydrogen) atoms. The van der Waals surface area contributed by atoms with Gasteiger partial charge in [-0.2, -0.15) is 0 Å². The van der Waals surface area contributed by atoms with E-state index in [9.17, 15) is 9.50 Å². The maximum atomic E-state index is 13.0. The van der Waals surface area contributed by atoms with Crippen LogP contribution in [0.25, 0.3) is 0 Å². The third kappa shape index (κ3) is 4.29. The van der Waals surface area contributed by atoms with Crippen molar-refractivity contribution in [1.29, 1.82) is 0 Å². The van der Waals surface area contributed by atoms with Gasteiger partial charge in [-0.25, -0.2) is 4.39 Å². The predicted octanol–water partition coefficient (Wildman–Crippen LogP) is 2.42. The largest absolute Gasteiger partial charge is 0.389 e. The van der Waals surface area contributed by atoms with Crippen LogP contribution in [0.4, 0.5) is 4.39 Å². The Morgan fingerprint density at radius 3 is 2.69 bits per heavy atom. The highest BCUT2D eigenvalue weighted by molar-refractivity contribution is 5.16. The summed E-state index contributed by atoms with van der Waals surface area (Å²) in [6.45, 7) is 5.00. The zero-order valence-electron chi connectivity index (χ0n) is 10.2. The van der Waals surface area contributed by atoms with Crippen LogP contribution in [0, 0.1) is 5.82 Å². The summed E-state index contributed by atoms with van der Waals surface area (Å²) in [5, 5.41) is 9.91. The Balaban J connectivity index is 2.55. The maximum Gasteiger partial charge on any atom is 0.123 e. The molecule has 0 radical (unpaired) electrons. The van der Waals surface area contributed by atoms with Gasteiger partial charge in [-0.3, -0.25) is 4.90 Å². The summed E-state index contributed by atoms with van der Waals surface area (Å²) in [5.41, 5.74) is 0.247. The molecule has 2 nitrogen and oxygen atoms in total. The summed E-state index contributed by atoms with van der Waals surface area (Å²) >= 11 is 0. The fourth-order valence-corrected chi connectivity index (χ4v) is 1.70. The molecule has 0 heterocycles. The van der Waals surface area contributed by atoms with Gasteiger partial charge in [0.15, 0.2) is 0 Å². The number of rotatable bonds is 5. The second-order valence-corrected chi connectivity index (χ2v) is 4.65. The van der Waals surface area contributed by atoms with E-state index < -0.39 is 5.60 Å². The summed E-state index contributed by atoms with van der Waals surface area (Å²) in [7, 11) is 1.93. The standard InChI is InChI=1S/C13H20FNO/c1-4-13(2,16)10-15(3)9-11-6-5-7-12(14)8-11/h5-8,16H,4,9-10H2,1-3H3. The summed E-state index contributed by atoms with van der Waals surface area (Å²) in [6.07, 6.45) is 0.709. The van der Waals surface area contributed by atoms with Crippen LogP contribution in [-0.4, -0.2) is 29.2 Å². The van der Waals surface area contributed by atoms with Crippen molar-refractivity contribution in [1.82, 2.24) is 4.90 Å². The van der Waals surface area contributed by atoms with E-state index in [1.807, 2.05) is 31.9 Å². The quantitative estimate of drug-likeness (QED) is 0.832. The first-order valence-corrected chi connectivity index (χ1v) is 5.58. The Morgan fingerprint density at radius 2 is 2.12 bits per heavy atom. The van der Waals surface area contributed by atoms with Crippen molar-refractivity contribution in [2.75, 3.05) is 13.6 Å². The molecule has 1 atom stereocenters. The molecule has 0 aliphatic rings. The smallest absolute Gasteiger partial charge is 0.123 e. The molecular formula is C13H20FNO. The SMILES string of the molecule is CCC(C)(O)CN(C)Cc1cccc(F)c1. The molecule has 0 aliphatic carbocycles. The first-order valence-electron chi connectivity index (χ1n) is 5.58. The summed E-state index contributed by atoms with van der Waals surface area (Å²) < 4.78 is 13.0. The van der Waals surface area contributed by atoms with Crippen LogP contribution in [-0.2, 0) is 6.54 Å². The van der Waals surface area contributed by atoms with Gasteiger partial charge in [-0.05, 0) is 38.1 Å². The maximum absolute atomic E-state index is 13.0. The zero-order chi connectivity index (χ0) is 12.2. The molecule has 90 valence electrons. The molecule has 3 heteroatoms. The summed E-state index contributed by atoms with van der Waals surface area (Å²) in [5.74, 6) is -0.215. The van der Waals surface area contributed by atoms with Crippen molar-refractivity contribution in [3.63, 3.8) is 0 Å². The Bertz CT molecular complexity index is 338. The summed E-state index contributed by atoms with van der Waals surface area (Å²) in [4.78, 5) is 2.00. The molecule has 0 saturated heterocycles. The van der Waals surface area contributed by atoms with E-state index in [0.717, 1.165) is 5.56 Å². The highest BCUT2D eigenvalue weighted by Crippen LogP contribution is 2.12. The second kappa shape index (κ2) is 5.41. The zero-order valence-corrected chi connectivity index (χ0v) is 10.2. The second-order valence-electron chi connectivity index (χ2n) is 4.65. The van der Waals surface area contributed by atoms with Crippen molar-refractivity contribution in [2.24, 2.45) is 0 Å². The van der Waals surface area contributed by atoms with Crippen molar-refractivity contribution in [3.8, 4) is 0 Å². The molecule has 0 bridgehead atoms. The van der Waals surface area contributed by atoms with E-state index in [1.165, 1.54) is 12.1 Å². The van der Waals surface area contributed by atoms with E-state index in [0.29, 0.717) is 19.5 Å². The molecule has 0 fully saturated rings. The van der Waals surface area contributed by atoms with Gasteiger partial charge in [0.2, 0.25) is 0 Å². The Labute approximate surface area is 96.7 Å². The lowest BCUT2D eigenvalue weighted by molar-refractivity contribution is 0.0217. The first kappa shape index (κ1) is 13.1. The van der Waals surface area contributed by atoms with Crippen LogP contribution in [0.3, 0.4) is 0 Å². The average molecular weight is 225 g/mol. The van der Waals surface area contributed by atoms with E-state index >= 15 is 0 Å². The van der Waals surface area contributed by atoms with Crippen LogP contribution in [0.1, 0.15) is 25.8 Å². The van der Waals surface area contributed by atoms with Crippen molar-refractivity contribution < 1.29 is 9.50 Å². The number of nitrogens with zero attached hydrogens (tertiary/aromatic N) is 1. The van der Waals surface area contributed by atoms with E-state index in [4.69, 9.17) is 0 Å². The summed E-state index contributed by atoms with van der Waals surface area (Å²) in [6, 6.07) is 6.56. The third-order valence-electron chi connectivity index (χ3n) is 2.71. The lowest BCUT2D eigenvalue weighted by atomic mass is 10.0. The van der Waals surface area contributed by atoms with Gasteiger partial charge in [-0.15, -0.1) is 0 Å². The van der Waals surface area contributed by atoms with Gasteiger partial charge < -0.3 is 5.11 Å². The molecule has 1 rings (SSSR count). The molecule has 0 aliphatic heterocycles. The van der Waals surface area contributed by atoms with Crippen molar-refractivity contribution in [2.45, 2.75) is 32.4 Å². The number of aliphatic hydroxyl groups is 1. The van der Waals surface area contributed by atoms with Crippen LogP contribution in [0.2, 0.25) is 0 Å². The fourth-order valence-electron chi connectivity index (χ4n) is 1.70. The Morgan fingerprint density at radius 1 is 1.44 bits per heavy atom. The number of halogens is 1. The van der Waals surface area contributed by atoms with Gasteiger partial charge in [-0.1, -0.05) is 19.1 Å². The van der Waals surface area contributed by atoms with E-state index in [-0.39, 0.29) is 5.82 Å². The molecule has 1 unspecified atom stereocenters. The monoisotopic (exact) mass is 225 g/mol. The number of hydrogen-bond acceptors (Lipinski definition) is 2. The van der Waals surface area contributed by atoms with Crippen molar-refractivity contribution in [3.05, 3.63) is 35.6 Å². The number of likely N-dealkylation sites (N-methyl/N-ethyl adjacent to an activating group) is 1. The van der Waals surface area contributed by atoms with E-state index in [2.05, 4.69) is 0 Å². The minimum absolute atomic E-state index is 0.215. The Kier molecular flexibility index (Phi) is 4.44. The van der Waals surface area contributed by atoms with Gasteiger partial charge in [0, 0.05) is 13.1 Å². The predicted molar refractivity (Wildman–Crippen MR) is 63.6 cm³/mol. The van der Waals surface area contributed by atoms with Gasteiger partial charge in [0.1, 0.15) is 5.82 Å². The first-order chi connectivity index (χ1) is 7.43. The molecule has 0 aromatic heterocycles. The molecule has 1 aromatic carbocycles. The highest BCUT2D eigenvalue weighted by Gasteiger charge is 2.19. The molecule has 0 saturated carbocycles. The molecule has 1 N–H and O–H groups in total. The normalized spacial score (nSPS) is 15.1. The Hall–Kier alpha value is -0.930. The fraction of sp³-hybridized carbons (Fsp3) is 0.538. The lowest BCUT2D eigenvalue weighted by Gasteiger charge is -2.28. The van der Waals surface area contributed by atoms with Gasteiger partial charge in [0.05, 0.1) is 5.60 Å². The minimum atomic E-state index is -0.678. The molecule has 1 aromatic rings. The topological polar surface area (TPSA) is 23.5 Å². The van der Waals surface area contributed by atoms with Gasteiger partial charge in [0.25, 0.3) is 0 Å². The molecule has 0 amide bonds. The highest BCUT2D eigenvalue weighted by atomic mass is 19.1. The van der Waals surface area contributed by atoms with Gasteiger partial charge >= 0.3 is 0 Å². The van der Waals surface area contributed by atoms with E-state index in [1.54, 1.807) is 6.07 Å². The van der Waals surface area contributed by atoms with Crippen LogP contribution in [0.15, 0.2) is 24.3 Å². The van der Waals surface area contributed by atoms with Crippen LogP contribution < -0.4 is 0 Å². The molecule has 0 spiro atoms. The number of benzene rings is 1.